The molecule has 2 bridgehead atoms. The molecule has 3 aromatic rings. The van der Waals surface area contributed by atoms with Crippen molar-refractivity contribution in [1.82, 2.24) is 9.88 Å². The topological polar surface area (TPSA) is 117 Å². The van der Waals surface area contributed by atoms with Crippen LogP contribution in [0.1, 0.15) is 46.7 Å². The van der Waals surface area contributed by atoms with E-state index in [1.807, 2.05) is 24.3 Å². The molecule has 0 radical (unpaired) electrons. The molecule has 212 valence electrons. The lowest BCUT2D eigenvalue weighted by molar-refractivity contribution is -0.142. The number of fused-ring (bicyclic) bond motifs is 9. The van der Waals surface area contributed by atoms with Crippen LogP contribution in [0.25, 0.3) is 0 Å². The fourth-order valence-electron chi connectivity index (χ4n) is 7.77. The Kier molecular flexibility index (Phi) is 6.58. The largest absolute Gasteiger partial charge is 0.489 e. The van der Waals surface area contributed by atoms with Gasteiger partial charge in [-0.2, -0.15) is 0 Å². The molecule has 0 spiro atoms. The molecule has 3 fully saturated rings. The number of carboxylic acids is 1. The normalized spacial score (nSPS) is 29.4. The highest BCUT2D eigenvalue weighted by atomic mass is 32.2. The van der Waals surface area contributed by atoms with Gasteiger partial charge in [0.1, 0.15) is 12.4 Å². The molecule has 2 amide bonds. The lowest BCUT2D eigenvalue weighted by Crippen LogP contribution is -2.42. The van der Waals surface area contributed by atoms with Crippen LogP contribution in [0.3, 0.4) is 0 Å². The number of thioether (sulfide) groups is 1. The Morgan fingerprint density at radius 3 is 2.51 bits per heavy atom. The first kappa shape index (κ1) is 26.5. The number of benzene rings is 2. The van der Waals surface area contributed by atoms with Gasteiger partial charge in [0.25, 0.3) is 0 Å². The predicted molar refractivity (Wildman–Crippen MR) is 154 cm³/mol. The molecule has 7 rings (SSSR count). The highest BCUT2D eigenvalue weighted by Gasteiger charge is 2.69. The Morgan fingerprint density at radius 1 is 1.05 bits per heavy atom. The number of aromatic amines is 1. The number of carboxylic acid groups (broad SMARTS) is 1. The smallest absolute Gasteiger partial charge is 0.305 e. The average Bonchev–Trinajstić information content (AvgIpc) is 3.68. The first-order valence-electron chi connectivity index (χ1n) is 14.1. The minimum Gasteiger partial charge on any atom is -0.489 e. The van der Waals surface area contributed by atoms with E-state index in [9.17, 15) is 19.2 Å². The van der Waals surface area contributed by atoms with Gasteiger partial charge < -0.3 is 14.8 Å². The summed E-state index contributed by atoms with van der Waals surface area (Å²) in [6, 6.07) is 16.2. The van der Waals surface area contributed by atoms with Crippen molar-refractivity contribution in [3.05, 3.63) is 79.8 Å². The molecule has 41 heavy (non-hydrogen) atoms. The molecule has 1 aromatic heterocycles. The molecule has 2 aromatic carbocycles. The van der Waals surface area contributed by atoms with Gasteiger partial charge in [-0.3, -0.25) is 24.1 Å². The predicted octanol–water partition coefficient (Wildman–Crippen LogP) is 4.66. The fraction of sp³-hybridized carbons (Fsp3) is 0.419. The van der Waals surface area contributed by atoms with Crippen molar-refractivity contribution in [2.24, 2.45) is 29.6 Å². The fourth-order valence-corrected chi connectivity index (χ4v) is 10.7. The molecular weight excluding hydrogens is 560 g/mol. The number of aryl methyl sites for hydroxylation is 1. The van der Waals surface area contributed by atoms with Gasteiger partial charge in [-0.05, 0) is 66.3 Å². The second-order valence-corrected chi connectivity index (χ2v) is 13.8. The molecule has 3 heterocycles. The number of ether oxygens (including phenoxy) is 1. The number of aliphatic carboxylic acids is 1. The molecule has 2 aliphatic carbocycles. The van der Waals surface area contributed by atoms with Gasteiger partial charge in [-0.25, -0.2) is 0 Å². The Labute approximate surface area is 245 Å². The summed E-state index contributed by atoms with van der Waals surface area (Å²) in [6.45, 7) is 2.70. The SMILES string of the molecule is Cc1ccccc1COc1ccc([C@H]2c3sc(=O)[nH]c3SC3C4CC(C5C(=O)N(CCCC(=O)O)C(=O)C45)C32)cc1. The van der Waals surface area contributed by atoms with Gasteiger partial charge in [0.2, 0.25) is 11.8 Å². The zero-order chi connectivity index (χ0) is 28.4. The van der Waals surface area contributed by atoms with E-state index in [2.05, 4.69) is 36.2 Å². The molecule has 2 aliphatic heterocycles. The van der Waals surface area contributed by atoms with E-state index in [4.69, 9.17) is 9.84 Å². The number of likely N-dealkylation sites (tertiary alicyclic amines) is 1. The van der Waals surface area contributed by atoms with Crippen LogP contribution in [0.2, 0.25) is 0 Å². The number of hydrogen-bond donors (Lipinski definition) is 2. The van der Waals surface area contributed by atoms with Crippen LogP contribution in [0.4, 0.5) is 0 Å². The first-order valence-corrected chi connectivity index (χ1v) is 15.8. The van der Waals surface area contributed by atoms with Crippen LogP contribution in [0, 0.1) is 36.5 Å². The molecule has 10 heteroatoms. The van der Waals surface area contributed by atoms with Crippen molar-refractivity contribution in [2.75, 3.05) is 6.54 Å². The maximum atomic E-state index is 13.6. The summed E-state index contributed by atoms with van der Waals surface area (Å²) in [7, 11) is 0. The third-order valence-corrected chi connectivity index (χ3v) is 12.1. The van der Waals surface area contributed by atoms with Crippen LogP contribution in [-0.2, 0) is 21.0 Å². The van der Waals surface area contributed by atoms with E-state index < -0.39 is 5.97 Å². The van der Waals surface area contributed by atoms with Gasteiger partial charge in [0, 0.05) is 29.0 Å². The lowest BCUT2D eigenvalue weighted by atomic mass is 9.68. The van der Waals surface area contributed by atoms with Crippen LogP contribution in [0.5, 0.6) is 5.75 Å². The summed E-state index contributed by atoms with van der Waals surface area (Å²) in [4.78, 5) is 55.8. The quantitative estimate of drug-likeness (QED) is 0.367. The Balaban J connectivity index is 1.17. The number of carbonyl (C=O) groups excluding carboxylic acids is 2. The van der Waals surface area contributed by atoms with Crippen molar-refractivity contribution in [1.29, 1.82) is 0 Å². The minimum atomic E-state index is -0.929. The number of H-pyrrole nitrogens is 1. The number of hydrogen-bond acceptors (Lipinski definition) is 7. The Bertz CT molecular complexity index is 1600. The summed E-state index contributed by atoms with van der Waals surface area (Å²) in [6.07, 6.45) is 1.02. The van der Waals surface area contributed by atoms with E-state index in [1.54, 1.807) is 11.8 Å². The van der Waals surface area contributed by atoms with E-state index in [1.165, 1.54) is 21.8 Å². The number of nitrogens with one attached hydrogen (secondary N) is 1. The third kappa shape index (κ3) is 4.34. The van der Waals surface area contributed by atoms with Gasteiger partial charge in [0.05, 0.1) is 16.9 Å². The van der Waals surface area contributed by atoms with Crippen molar-refractivity contribution in [3.8, 4) is 5.75 Å². The molecule has 4 aliphatic rings. The Morgan fingerprint density at radius 2 is 1.78 bits per heavy atom. The summed E-state index contributed by atoms with van der Waals surface area (Å²) >= 11 is 2.91. The second-order valence-electron chi connectivity index (χ2n) is 11.6. The number of thiazole rings is 1. The highest BCUT2D eigenvalue weighted by Crippen LogP contribution is 2.68. The molecular formula is C31H30N2O6S2. The summed E-state index contributed by atoms with van der Waals surface area (Å²) in [5.41, 5.74) is 3.40. The third-order valence-electron chi connectivity index (χ3n) is 9.48. The van der Waals surface area contributed by atoms with Crippen LogP contribution >= 0.6 is 23.1 Å². The number of aromatic nitrogens is 1. The molecule has 6 unspecified atom stereocenters. The molecule has 8 nitrogen and oxygen atoms in total. The van der Waals surface area contributed by atoms with Crippen LogP contribution in [0.15, 0.2) is 58.4 Å². The van der Waals surface area contributed by atoms with Gasteiger partial charge >= 0.3 is 10.8 Å². The maximum absolute atomic E-state index is 13.6. The van der Waals surface area contributed by atoms with E-state index in [0.717, 1.165) is 33.2 Å². The monoisotopic (exact) mass is 590 g/mol. The first-order chi connectivity index (χ1) is 19.8. The summed E-state index contributed by atoms with van der Waals surface area (Å²) in [5.74, 6) is -1.00. The van der Waals surface area contributed by atoms with Crippen molar-refractivity contribution >= 4 is 40.9 Å². The summed E-state index contributed by atoms with van der Waals surface area (Å²) in [5, 5.41) is 10.0. The van der Waals surface area contributed by atoms with Gasteiger partial charge in [-0.15, -0.1) is 11.8 Å². The van der Waals surface area contributed by atoms with E-state index in [0.29, 0.717) is 6.61 Å². The van der Waals surface area contributed by atoms with E-state index in [-0.39, 0.29) is 76.8 Å². The number of carbonyl (C=O) groups is 3. The van der Waals surface area contributed by atoms with Crippen molar-refractivity contribution in [3.63, 3.8) is 0 Å². The van der Waals surface area contributed by atoms with Crippen molar-refractivity contribution < 1.29 is 24.2 Å². The zero-order valence-corrected chi connectivity index (χ0v) is 24.1. The van der Waals surface area contributed by atoms with Crippen molar-refractivity contribution in [2.45, 2.75) is 49.0 Å². The standard InChI is InChI=1S/C31H30N2O6S2/c1-15-5-2-3-6-17(15)14-39-18-10-8-16(9-11-18)22-23-19-13-20(26(23)40-28-27(22)41-31(38)32-28)25-24(19)29(36)33(30(25)37)12-4-7-21(34)35/h2-3,5-6,8-11,19-20,22-26H,4,7,12-14H2,1H3,(H,32,38)(H,34,35)/t19?,20?,22-,23?,24?,25?,26?/m1/s1. The minimum absolute atomic E-state index is 0.0377. The average molecular weight is 591 g/mol. The molecule has 7 atom stereocenters. The lowest BCUT2D eigenvalue weighted by Gasteiger charge is -2.43. The number of imide groups is 1. The molecule has 2 N–H and O–H groups in total. The molecule has 2 saturated carbocycles. The highest BCUT2D eigenvalue weighted by molar-refractivity contribution is 8.00. The van der Waals surface area contributed by atoms with Gasteiger partial charge in [-0.1, -0.05) is 47.7 Å². The Hall–Kier alpha value is -3.37. The molecule has 1 saturated heterocycles. The van der Waals surface area contributed by atoms with Crippen LogP contribution < -0.4 is 9.61 Å². The number of nitrogens with zero attached hydrogens (tertiary/aromatic N) is 1. The number of rotatable bonds is 8. The van der Waals surface area contributed by atoms with Gasteiger partial charge in [0.15, 0.2) is 0 Å². The maximum Gasteiger partial charge on any atom is 0.305 e. The summed E-state index contributed by atoms with van der Waals surface area (Å²) < 4.78 is 6.08. The zero-order valence-electron chi connectivity index (χ0n) is 22.4. The van der Waals surface area contributed by atoms with E-state index >= 15 is 0 Å². The van der Waals surface area contributed by atoms with Crippen LogP contribution in [-0.4, -0.2) is 44.6 Å². The number of amides is 2. The second kappa shape index (κ2) is 10.2.